The van der Waals surface area contributed by atoms with Crippen molar-refractivity contribution in [1.82, 2.24) is 10.3 Å². The van der Waals surface area contributed by atoms with Crippen LogP contribution in [0.3, 0.4) is 0 Å². The van der Waals surface area contributed by atoms with Gasteiger partial charge in [0.05, 0.1) is 35.0 Å². The second kappa shape index (κ2) is 5.18. The van der Waals surface area contributed by atoms with Gasteiger partial charge in [0, 0.05) is 5.56 Å². The lowest BCUT2D eigenvalue weighted by Crippen LogP contribution is -2.42. The van der Waals surface area contributed by atoms with E-state index < -0.39 is 17.9 Å². The molecule has 0 spiro atoms. The highest BCUT2D eigenvalue weighted by Gasteiger charge is 2.35. The van der Waals surface area contributed by atoms with Crippen LogP contribution < -0.4 is 5.32 Å². The number of aromatic nitrogens is 1. The molecule has 2 heterocycles. The molecule has 1 saturated heterocycles. The van der Waals surface area contributed by atoms with Crippen LogP contribution in [-0.2, 0) is 9.53 Å². The van der Waals surface area contributed by atoms with Crippen LogP contribution in [0.2, 0.25) is 0 Å². The lowest BCUT2D eigenvalue weighted by Gasteiger charge is -2.15. The van der Waals surface area contributed by atoms with Crippen molar-refractivity contribution in [2.75, 3.05) is 13.2 Å². The zero-order valence-corrected chi connectivity index (χ0v) is 11.2. The highest BCUT2D eigenvalue weighted by molar-refractivity contribution is 7.16. The molecule has 2 N–H and O–H groups in total. The first-order valence-corrected chi connectivity index (χ1v) is 6.98. The molecular formula is C13H12N2O4S. The van der Waals surface area contributed by atoms with Crippen LogP contribution in [-0.4, -0.2) is 41.2 Å². The number of rotatable bonds is 3. The molecule has 104 valence electrons. The van der Waals surface area contributed by atoms with Crippen molar-refractivity contribution in [2.45, 2.75) is 6.04 Å². The predicted molar refractivity (Wildman–Crippen MR) is 72.8 cm³/mol. The third kappa shape index (κ3) is 2.37. The minimum Gasteiger partial charge on any atom is -0.481 e. The second-order valence-corrected chi connectivity index (χ2v) is 5.48. The number of hydrogen-bond acceptors (Lipinski definition) is 5. The number of hydrogen-bond donors (Lipinski definition) is 2. The zero-order valence-electron chi connectivity index (χ0n) is 10.4. The van der Waals surface area contributed by atoms with Gasteiger partial charge in [-0.25, -0.2) is 4.98 Å². The number of benzene rings is 1. The van der Waals surface area contributed by atoms with Gasteiger partial charge in [-0.1, -0.05) is 0 Å². The van der Waals surface area contributed by atoms with Gasteiger partial charge in [0.1, 0.15) is 5.92 Å². The first-order valence-electron chi connectivity index (χ1n) is 6.10. The van der Waals surface area contributed by atoms with Crippen LogP contribution >= 0.6 is 11.3 Å². The number of ether oxygens (including phenoxy) is 1. The highest BCUT2D eigenvalue weighted by Crippen LogP contribution is 2.20. The molecule has 1 aliphatic rings. The molecule has 0 aliphatic carbocycles. The maximum atomic E-state index is 12.2. The maximum Gasteiger partial charge on any atom is 0.311 e. The summed E-state index contributed by atoms with van der Waals surface area (Å²) >= 11 is 1.46. The van der Waals surface area contributed by atoms with Crippen LogP contribution in [0.25, 0.3) is 10.2 Å². The van der Waals surface area contributed by atoms with Crippen LogP contribution in [0.1, 0.15) is 10.4 Å². The SMILES string of the molecule is O=C(NC1COCC1C(=O)O)c1ccc2ncsc2c1. The van der Waals surface area contributed by atoms with Crippen molar-refractivity contribution >= 4 is 33.4 Å². The Morgan fingerprint density at radius 3 is 3.05 bits per heavy atom. The van der Waals surface area contributed by atoms with Crippen LogP contribution in [0.4, 0.5) is 0 Å². The molecule has 7 heteroatoms. The minimum absolute atomic E-state index is 0.133. The number of fused-ring (bicyclic) bond motifs is 1. The molecule has 0 radical (unpaired) electrons. The standard InChI is InChI=1S/C13H12N2O4S/c16-12(15-10-5-19-4-8(10)13(17)18)7-1-2-9-11(3-7)20-6-14-9/h1-3,6,8,10H,4-5H2,(H,15,16)(H,17,18). The van der Waals surface area contributed by atoms with Gasteiger partial charge in [-0.15, -0.1) is 11.3 Å². The Morgan fingerprint density at radius 2 is 2.25 bits per heavy atom. The number of nitrogens with zero attached hydrogens (tertiary/aromatic N) is 1. The predicted octanol–water partition coefficient (Wildman–Crippen LogP) is 1.13. The van der Waals surface area contributed by atoms with Gasteiger partial charge in [0.15, 0.2) is 0 Å². The van der Waals surface area contributed by atoms with Crippen molar-refractivity contribution in [3.05, 3.63) is 29.3 Å². The Hall–Kier alpha value is -1.99. The maximum absolute atomic E-state index is 12.2. The van der Waals surface area contributed by atoms with Crippen LogP contribution in [0, 0.1) is 5.92 Å². The first kappa shape index (κ1) is 13.0. The average molecular weight is 292 g/mol. The summed E-state index contributed by atoms with van der Waals surface area (Å²) in [5.74, 6) is -1.93. The summed E-state index contributed by atoms with van der Waals surface area (Å²) in [6.45, 7) is 0.361. The molecule has 1 fully saturated rings. The molecule has 2 aromatic rings. The van der Waals surface area contributed by atoms with E-state index in [4.69, 9.17) is 9.84 Å². The first-order chi connectivity index (χ1) is 9.65. The van der Waals surface area contributed by atoms with E-state index in [0.717, 1.165) is 10.2 Å². The van der Waals surface area contributed by atoms with Gasteiger partial charge in [0.2, 0.25) is 0 Å². The van der Waals surface area contributed by atoms with Crippen molar-refractivity contribution in [3.63, 3.8) is 0 Å². The number of nitrogens with one attached hydrogen (secondary N) is 1. The number of aliphatic carboxylic acids is 1. The molecule has 1 aliphatic heterocycles. The van der Waals surface area contributed by atoms with Gasteiger partial charge >= 0.3 is 5.97 Å². The van der Waals surface area contributed by atoms with Crippen molar-refractivity contribution in [2.24, 2.45) is 5.92 Å². The van der Waals surface area contributed by atoms with Gasteiger partial charge < -0.3 is 15.2 Å². The molecule has 2 atom stereocenters. The molecular weight excluding hydrogens is 280 g/mol. The Bertz CT molecular complexity index is 669. The summed E-state index contributed by atoms with van der Waals surface area (Å²) < 4.78 is 6.05. The Balaban J connectivity index is 1.77. The van der Waals surface area contributed by atoms with Crippen LogP contribution in [0.15, 0.2) is 23.7 Å². The number of amides is 1. The van der Waals surface area contributed by atoms with E-state index in [1.807, 2.05) is 0 Å². The fourth-order valence-corrected chi connectivity index (χ4v) is 2.90. The summed E-state index contributed by atoms with van der Waals surface area (Å²) in [5.41, 5.74) is 3.06. The Labute approximate surface area is 118 Å². The average Bonchev–Trinajstić information content (AvgIpc) is 3.05. The van der Waals surface area contributed by atoms with E-state index in [9.17, 15) is 9.59 Å². The molecule has 1 aromatic carbocycles. The van der Waals surface area contributed by atoms with Crippen molar-refractivity contribution in [1.29, 1.82) is 0 Å². The number of carboxylic acid groups (broad SMARTS) is 1. The largest absolute Gasteiger partial charge is 0.481 e. The minimum atomic E-state index is -0.953. The molecule has 1 amide bonds. The molecule has 6 nitrogen and oxygen atoms in total. The third-order valence-corrected chi connectivity index (χ3v) is 4.10. The Kier molecular flexibility index (Phi) is 3.37. The van der Waals surface area contributed by atoms with Gasteiger partial charge in [-0.05, 0) is 18.2 Å². The Morgan fingerprint density at radius 1 is 1.40 bits per heavy atom. The zero-order chi connectivity index (χ0) is 14.1. The third-order valence-electron chi connectivity index (χ3n) is 3.31. The fraction of sp³-hybridized carbons (Fsp3) is 0.308. The highest BCUT2D eigenvalue weighted by atomic mass is 32.1. The molecule has 1 aromatic heterocycles. The van der Waals surface area contributed by atoms with Crippen molar-refractivity contribution < 1.29 is 19.4 Å². The molecule has 0 saturated carbocycles. The number of carbonyl (C=O) groups is 2. The summed E-state index contributed by atoms with van der Waals surface area (Å²) in [6.07, 6.45) is 0. The van der Waals surface area contributed by atoms with Crippen LogP contribution in [0.5, 0.6) is 0 Å². The second-order valence-electron chi connectivity index (χ2n) is 4.60. The van der Waals surface area contributed by atoms with E-state index in [-0.39, 0.29) is 19.1 Å². The van der Waals surface area contributed by atoms with Gasteiger partial charge in [0.25, 0.3) is 5.91 Å². The molecule has 3 rings (SSSR count). The topological polar surface area (TPSA) is 88.5 Å². The quantitative estimate of drug-likeness (QED) is 0.885. The van der Waals surface area contributed by atoms with Gasteiger partial charge in [-0.3, -0.25) is 9.59 Å². The number of thiazole rings is 1. The summed E-state index contributed by atoms with van der Waals surface area (Å²) in [4.78, 5) is 27.3. The smallest absolute Gasteiger partial charge is 0.311 e. The monoisotopic (exact) mass is 292 g/mol. The number of carbonyl (C=O) groups excluding carboxylic acids is 1. The fourth-order valence-electron chi connectivity index (χ4n) is 2.19. The molecule has 2 unspecified atom stereocenters. The van der Waals surface area contributed by atoms with Crippen molar-refractivity contribution in [3.8, 4) is 0 Å². The molecule has 0 bridgehead atoms. The summed E-state index contributed by atoms with van der Waals surface area (Å²) in [5, 5.41) is 11.8. The van der Waals surface area contributed by atoms with E-state index in [2.05, 4.69) is 10.3 Å². The number of carboxylic acids is 1. The normalized spacial score (nSPS) is 22.0. The van der Waals surface area contributed by atoms with E-state index in [1.165, 1.54) is 11.3 Å². The molecule has 20 heavy (non-hydrogen) atoms. The van der Waals surface area contributed by atoms with E-state index in [0.29, 0.717) is 5.56 Å². The van der Waals surface area contributed by atoms with Gasteiger partial charge in [-0.2, -0.15) is 0 Å². The lowest BCUT2D eigenvalue weighted by molar-refractivity contribution is -0.142. The summed E-state index contributed by atoms with van der Waals surface area (Å²) in [7, 11) is 0. The van der Waals surface area contributed by atoms with E-state index >= 15 is 0 Å². The van der Waals surface area contributed by atoms with E-state index in [1.54, 1.807) is 23.7 Å². The summed E-state index contributed by atoms with van der Waals surface area (Å²) in [6, 6.07) is 4.73. The lowest BCUT2D eigenvalue weighted by atomic mass is 10.0.